The van der Waals surface area contributed by atoms with Crippen molar-refractivity contribution in [1.82, 2.24) is 10.4 Å². The highest BCUT2D eigenvalue weighted by Gasteiger charge is 2.11. The molecule has 1 aromatic heterocycles. The summed E-state index contributed by atoms with van der Waals surface area (Å²) < 4.78 is 7.25. The zero-order valence-electron chi connectivity index (χ0n) is 11.3. The van der Waals surface area contributed by atoms with E-state index in [0.29, 0.717) is 11.5 Å². The first-order valence-corrected chi connectivity index (χ1v) is 7.57. The molecule has 114 valence electrons. The Balaban J connectivity index is 2.28. The molecule has 7 nitrogen and oxygen atoms in total. The normalized spacial score (nSPS) is 10.7. The van der Waals surface area contributed by atoms with Gasteiger partial charge < -0.3 is 20.3 Å². The van der Waals surface area contributed by atoms with Gasteiger partial charge in [0.1, 0.15) is 5.75 Å². The highest BCUT2D eigenvalue weighted by Crippen LogP contribution is 2.34. The van der Waals surface area contributed by atoms with Gasteiger partial charge in [-0.25, -0.2) is 0 Å². The maximum absolute atomic E-state index is 10.6. The molecule has 0 aliphatic heterocycles. The Bertz CT molecular complexity index is 720. The van der Waals surface area contributed by atoms with E-state index in [9.17, 15) is 10.1 Å². The first-order valence-electron chi connectivity index (χ1n) is 5.98. The third-order valence-corrected chi connectivity index (χ3v) is 3.83. The van der Waals surface area contributed by atoms with E-state index in [1.807, 2.05) is 6.07 Å². The third-order valence-electron chi connectivity index (χ3n) is 2.52. The van der Waals surface area contributed by atoms with Crippen LogP contribution in [0, 0.1) is 10.1 Å². The average molecular weight is 430 g/mol. The lowest BCUT2D eigenvalue weighted by Gasteiger charge is -2.09. The predicted octanol–water partition coefficient (Wildman–Crippen LogP) is 3.86. The van der Waals surface area contributed by atoms with Crippen molar-refractivity contribution in [2.45, 2.75) is 0 Å². The monoisotopic (exact) mass is 428 g/mol. The molecular formula is C13H10Br2N4O3. The van der Waals surface area contributed by atoms with Gasteiger partial charge in [0.2, 0.25) is 0 Å². The molecule has 9 heteroatoms. The van der Waals surface area contributed by atoms with Crippen molar-refractivity contribution in [1.29, 1.82) is 0 Å². The van der Waals surface area contributed by atoms with Gasteiger partial charge in [0.05, 0.1) is 10.7 Å². The number of halogens is 2. The average Bonchev–Trinajstić information content (AvgIpc) is 2.49. The standard InChI is InChI=1S/C13H10Br2N4O3/c1-16-18-6-8-4-12(11(15)5-10(8)14)22-9-2-3-13(17-7-9)19(20)21/h2-7,16H,1H3. The van der Waals surface area contributed by atoms with E-state index in [-0.39, 0.29) is 5.82 Å². The minimum absolute atomic E-state index is 0.232. The quantitative estimate of drug-likeness (QED) is 0.442. The number of nitrogens with zero attached hydrogens (tertiary/aromatic N) is 3. The smallest absolute Gasteiger partial charge is 0.363 e. The number of rotatable bonds is 5. The van der Waals surface area contributed by atoms with Gasteiger partial charge in [0.25, 0.3) is 0 Å². The molecule has 0 spiro atoms. The molecule has 2 aromatic rings. The molecule has 0 fully saturated rings. The van der Waals surface area contributed by atoms with E-state index in [4.69, 9.17) is 4.74 Å². The first-order chi connectivity index (χ1) is 10.5. The molecule has 2 rings (SSSR count). The van der Waals surface area contributed by atoms with Crippen molar-refractivity contribution in [3.63, 3.8) is 0 Å². The molecule has 0 unspecified atom stereocenters. The van der Waals surface area contributed by atoms with E-state index in [1.54, 1.807) is 19.3 Å². The van der Waals surface area contributed by atoms with Gasteiger partial charge in [-0.2, -0.15) is 5.10 Å². The number of nitro groups is 1. The SMILES string of the molecule is CNN=Cc1cc(Oc2ccc([N+](=O)[O-])nc2)c(Br)cc1Br. The van der Waals surface area contributed by atoms with Crippen LogP contribution in [0.2, 0.25) is 0 Å². The van der Waals surface area contributed by atoms with Crippen LogP contribution >= 0.6 is 31.9 Å². The molecule has 0 amide bonds. The van der Waals surface area contributed by atoms with Crippen LogP contribution in [0.25, 0.3) is 0 Å². The van der Waals surface area contributed by atoms with Crippen molar-refractivity contribution < 1.29 is 9.66 Å². The lowest BCUT2D eigenvalue weighted by molar-refractivity contribution is -0.389. The van der Waals surface area contributed by atoms with Gasteiger partial charge in [0.15, 0.2) is 11.9 Å². The molecule has 1 aromatic carbocycles. The predicted molar refractivity (Wildman–Crippen MR) is 89.5 cm³/mol. The highest BCUT2D eigenvalue weighted by molar-refractivity contribution is 9.11. The second-order valence-corrected chi connectivity index (χ2v) is 5.71. The number of hydrazone groups is 1. The summed E-state index contributed by atoms with van der Waals surface area (Å²) in [5.74, 6) is 0.700. The van der Waals surface area contributed by atoms with Crippen LogP contribution in [0.3, 0.4) is 0 Å². The summed E-state index contributed by atoms with van der Waals surface area (Å²) in [5, 5.41) is 14.5. The second-order valence-electron chi connectivity index (χ2n) is 4.00. The Morgan fingerprint density at radius 1 is 1.36 bits per heavy atom. The summed E-state index contributed by atoms with van der Waals surface area (Å²) in [5.41, 5.74) is 3.47. The number of nitrogens with one attached hydrogen (secondary N) is 1. The van der Waals surface area contributed by atoms with Crippen LogP contribution in [-0.4, -0.2) is 23.2 Å². The molecule has 0 aliphatic rings. The number of hydrogen-bond donors (Lipinski definition) is 1. The van der Waals surface area contributed by atoms with Gasteiger partial charge in [-0.15, -0.1) is 0 Å². The summed E-state index contributed by atoms with van der Waals surface area (Å²) in [7, 11) is 1.70. The number of aromatic nitrogens is 1. The van der Waals surface area contributed by atoms with Crippen molar-refractivity contribution in [3.05, 3.63) is 55.1 Å². The maximum Gasteiger partial charge on any atom is 0.363 e. The molecule has 0 atom stereocenters. The van der Waals surface area contributed by atoms with E-state index in [0.717, 1.165) is 14.5 Å². The van der Waals surface area contributed by atoms with E-state index in [2.05, 4.69) is 47.4 Å². The zero-order chi connectivity index (χ0) is 16.1. The summed E-state index contributed by atoms with van der Waals surface area (Å²) >= 11 is 6.83. The van der Waals surface area contributed by atoms with Gasteiger partial charge in [-0.3, -0.25) is 0 Å². The third kappa shape index (κ3) is 4.01. The molecule has 0 radical (unpaired) electrons. The van der Waals surface area contributed by atoms with Crippen LogP contribution in [-0.2, 0) is 0 Å². The number of pyridine rings is 1. The molecule has 0 saturated heterocycles. The molecule has 0 bridgehead atoms. The molecule has 0 saturated carbocycles. The summed E-state index contributed by atoms with van der Waals surface area (Å²) in [6.07, 6.45) is 2.94. The fourth-order valence-corrected chi connectivity index (χ4v) is 2.70. The van der Waals surface area contributed by atoms with E-state index in [1.165, 1.54) is 18.3 Å². The number of hydrogen-bond acceptors (Lipinski definition) is 6. The number of ether oxygens (including phenoxy) is 1. The summed E-state index contributed by atoms with van der Waals surface area (Å²) in [4.78, 5) is 13.7. The van der Waals surface area contributed by atoms with E-state index >= 15 is 0 Å². The fraction of sp³-hybridized carbons (Fsp3) is 0.0769. The molecule has 22 heavy (non-hydrogen) atoms. The highest BCUT2D eigenvalue weighted by atomic mass is 79.9. The lowest BCUT2D eigenvalue weighted by Crippen LogP contribution is -1.96. The van der Waals surface area contributed by atoms with Crippen LogP contribution in [0.1, 0.15) is 5.56 Å². The van der Waals surface area contributed by atoms with Gasteiger partial charge in [0, 0.05) is 23.2 Å². The van der Waals surface area contributed by atoms with Gasteiger partial charge in [-0.05, 0) is 44.0 Å². The topological polar surface area (TPSA) is 89.7 Å². The number of benzene rings is 1. The van der Waals surface area contributed by atoms with Crippen LogP contribution in [0.15, 0.2) is 44.5 Å². The van der Waals surface area contributed by atoms with Crippen molar-refractivity contribution in [2.24, 2.45) is 5.10 Å². The maximum atomic E-state index is 10.6. The Labute approximate surface area is 142 Å². The molecular weight excluding hydrogens is 420 g/mol. The zero-order valence-corrected chi connectivity index (χ0v) is 14.5. The van der Waals surface area contributed by atoms with Crippen molar-refractivity contribution in [3.8, 4) is 11.5 Å². The summed E-state index contributed by atoms with van der Waals surface area (Å²) in [6.45, 7) is 0. The molecule has 1 N–H and O–H groups in total. The lowest BCUT2D eigenvalue weighted by atomic mass is 10.2. The van der Waals surface area contributed by atoms with E-state index < -0.39 is 4.92 Å². The minimum atomic E-state index is -0.564. The first kappa shape index (κ1) is 16.4. The Morgan fingerprint density at radius 2 is 2.14 bits per heavy atom. The minimum Gasteiger partial charge on any atom is -0.452 e. The Hall–Kier alpha value is -2.00. The Kier molecular flexibility index (Phi) is 5.45. The van der Waals surface area contributed by atoms with Crippen molar-refractivity contribution in [2.75, 3.05) is 7.05 Å². The van der Waals surface area contributed by atoms with Gasteiger partial charge in [-0.1, -0.05) is 15.9 Å². The molecule has 0 aliphatic carbocycles. The van der Waals surface area contributed by atoms with Crippen LogP contribution in [0.4, 0.5) is 5.82 Å². The largest absolute Gasteiger partial charge is 0.452 e. The summed E-state index contributed by atoms with van der Waals surface area (Å²) in [6, 6.07) is 6.37. The van der Waals surface area contributed by atoms with Gasteiger partial charge >= 0.3 is 5.82 Å². The Morgan fingerprint density at radius 3 is 2.73 bits per heavy atom. The van der Waals surface area contributed by atoms with Crippen LogP contribution < -0.4 is 10.2 Å². The van der Waals surface area contributed by atoms with Crippen molar-refractivity contribution >= 4 is 43.9 Å². The second kappa shape index (κ2) is 7.32. The molecule has 1 heterocycles. The van der Waals surface area contributed by atoms with Crippen LogP contribution in [0.5, 0.6) is 11.5 Å². The fourth-order valence-electron chi connectivity index (χ4n) is 1.52.